The van der Waals surface area contributed by atoms with Crippen LogP contribution >= 0.6 is 0 Å². The number of rotatable bonds is 9. The number of nitrogens with zero attached hydrogens (tertiary/aromatic N) is 6. The van der Waals surface area contributed by atoms with Gasteiger partial charge >= 0.3 is 0 Å². The van der Waals surface area contributed by atoms with Crippen LogP contribution in [0.1, 0.15) is 54.2 Å². The summed E-state index contributed by atoms with van der Waals surface area (Å²) < 4.78 is 11.7. The van der Waals surface area contributed by atoms with Crippen molar-refractivity contribution < 1.29 is 19.7 Å². The van der Waals surface area contributed by atoms with Crippen molar-refractivity contribution in [3.63, 3.8) is 0 Å². The van der Waals surface area contributed by atoms with E-state index in [1.54, 1.807) is 13.3 Å². The highest BCUT2D eigenvalue weighted by Gasteiger charge is 2.51. The first-order valence-corrected chi connectivity index (χ1v) is 12.5. The van der Waals surface area contributed by atoms with E-state index < -0.39 is 0 Å². The molecular weight excluding hydrogens is 448 g/mol. The molecule has 1 atom stereocenters. The van der Waals surface area contributed by atoms with Crippen molar-refractivity contribution in [1.82, 2.24) is 29.7 Å². The van der Waals surface area contributed by atoms with Crippen LogP contribution in [0.3, 0.4) is 0 Å². The highest BCUT2D eigenvalue weighted by molar-refractivity contribution is 5.26. The third-order valence-corrected chi connectivity index (χ3v) is 7.57. The molecule has 0 radical (unpaired) electrons. The highest BCUT2D eigenvalue weighted by Crippen LogP contribution is 2.48. The molecule has 35 heavy (non-hydrogen) atoms. The molecule has 2 aliphatic heterocycles. The van der Waals surface area contributed by atoms with Gasteiger partial charge < -0.3 is 19.7 Å². The topological polar surface area (TPSA) is 117 Å². The van der Waals surface area contributed by atoms with Crippen LogP contribution in [0, 0.1) is 19.3 Å². The summed E-state index contributed by atoms with van der Waals surface area (Å²) in [7, 11) is 1.61. The number of methoxy groups -OCH3 is 1. The van der Waals surface area contributed by atoms with Gasteiger partial charge in [-0.05, 0) is 46.1 Å². The molecule has 3 aliphatic rings. The molecule has 2 N–H and O–H groups in total. The van der Waals surface area contributed by atoms with E-state index in [0.29, 0.717) is 30.3 Å². The van der Waals surface area contributed by atoms with Crippen LogP contribution in [0.2, 0.25) is 0 Å². The lowest BCUT2D eigenvalue weighted by molar-refractivity contribution is -0.131. The van der Waals surface area contributed by atoms with Gasteiger partial charge in [0.15, 0.2) is 0 Å². The normalized spacial score (nSPS) is 22.3. The Kier molecular flexibility index (Phi) is 6.89. The van der Waals surface area contributed by atoms with E-state index in [-0.39, 0.29) is 25.4 Å². The molecule has 4 heterocycles. The van der Waals surface area contributed by atoms with Gasteiger partial charge in [-0.1, -0.05) is 0 Å². The van der Waals surface area contributed by atoms with Crippen LogP contribution in [0.15, 0.2) is 6.20 Å². The van der Waals surface area contributed by atoms with Crippen molar-refractivity contribution in [2.45, 2.75) is 71.4 Å². The van der Waals surface area contributed by atoms with Gasteiger partial charge in [0.05, 0.1) is 36.9 Å². The number of hydrogen-bond donors (Lipinski definition) is 2. The molecule has 2 aromatic rings. The van der Waals surface area contributed by atoms with Gasteiger partial charge in [-0.15, -0.1) is 0 Å². The molecule has 1 aliphatic carbocycles. The van der Waals surface area contributed by atoms with Crippen molar-refractivity contribution >= 4 is 0 Å². The summed E-state index contributed by atoms with van der Waals surface area (Å²) in [5.74, 6) is 1.04. The predicted molar refractivity (Wildman–Crippen MR) is 128 cm³/mol. The molecule has 2 aromatic heterocycles. The van der Waals surface area contributed by atoms with Crippen LogP contribution in [0.4, 0.5) is 0 Å². The minimum absolute atomic E-state index is 0.131. The smallest absolute Gasteiger partial charge is 0.237 e. The van der Waals surface area contributed by atoms with Gasteiger partial charge in [0, 0.05) is 43.8 Å². The summed E-state index contributed by atoms with van der Waals surface area (Å²) in [6, 6.07) is 0.150. The van der Waals surface area contributed by atoms with Crippen LogP contribution in [-0.4, -0.2) is 85.4 Å². The maximum Gasteiger partial charge on any atom is 0.237 e. The van der Waals surface area contributed by atoms with Gasteiger partial charge in [-0.2, -0.15) is 0 Å². The molecule has 0 aromatic carbocycles. The fraction of sp³-hybridized carbons (Fsp3) is 0.680. The molecule has 1 saturated carbocycles. The zero-order valence-electron chi connectivity index (χ0n) is 20.9. The summed E-state index contributed by atoms with van der Waals surface area (Å²) in [6.07, 6.45) is 5.50. The molecule has 1 unspecified atom stereocenters. The fourth-order valence-electron chi connectivity index (χ4n) is 5.74. The maximum atomic E-state index is 9.68. The van der Waals surface area contributed by atoms with Crippen molar-refractivity contribution in [1.29, 1.82) is 0 Å². The third kappa shape index (κ3) is 5.11. The monoisotopic (exact) mass is 484 g/mol. The summed E-state index contributed by atoms with van der Waals surface area (Å²) >= 11 is 0. The molecule has 3 fully saturated rings. The number of aliphatic hydroxyl groups excluding tert-OH is 2. The van der Waals surface area contributed by atoms with Gasteiger partial charge in [0.25, 0.3) is 0 Å². The number of ether oxygens (including phenoxy) is 2. The lowest BCUT2D eigenvalue weighted by Gasteiger charge is -2.57. The molecule has 0 bridgehead atoms. The second kappa shape index (κ2) is 9.93. The predicted octanol–water partition coefficient (Wildman–Crippen LogP) is 1.38. The number of likely N-dealkylation sites (tertiary alicyclic amines) is 2. The molecule has 5 rings (SSSR count). The molecular formula is C25H36N6O4. The number of aryl methyl sites for hydroxylation is 2. The fourth-order valence-corrected chi connectivity index (χ4v) is 5.74. The van der Waals surface area contributed by atoms with E-state index >= 15 is 0 Å². The molecule has 10 nitrogen and oxygen atoms in total. The van der Waals surface area contributed by atoms with Crippen LogP contribution in [-0.2, 0) is 19.7 Å². The minimum Gasteiger partial charge on any atom is -0.480 e. The van der Waals surface area contributed by atoms with Crippen molar-refractivity contribution in [3.05, 3.63) is 34.7 Å². The highest BCUT2D eigenvalue weighted by atomic mass is 16.5. The molecule has 10 heteroatoms. The van der Waals surface area contributed by atoms with E-state index in [2.05, 4.69) is 24.8 Å². The molecule has 0 amide bonds. The van der Waals surface area contributed by atoms with Crippen LogP contribution in [0.5, 0.6) is 11.8 Å². The quantitative estimate of drug-likeness (QED) is 0.541. The van der Waals surface area contributed by atoms with E-state index in [1.807, 2.05) is 13.8 Å². The Labute approximate surface area is 206 Å². The van der Waals surface area contributed by atoms with Gasteiger partial charge in [-0.3, -0.25) is 14.8 Å². The number of aromatic nitrogens is 4. The zero-order chi connectivity index (χ0) is 24.6. The van der Waals surface area contributed by atoms with Crippen molar-refractivity contribution in [2.24, 2.45) is 5.41 Å². The number of aliphatic hydroxyl groups is 2. The molecule has 2 saturated heterocycles. The SMILES string of the molecule is COc1nc(C)c(COc2nc(C)cnc2CN2CC3(CC(O)C3)C2)nc1CN1CCCC1CO. The first-order chi connectivity index (χ1) is 16.9. The van der Waals surface area contributed by atoms with Crippen LogP contribution < -0.4 is 9.47 Å². The zero-order valence-corrected chi connectivity index (χ0v) is 20.9. The first kappa shape index (κ1) is 24.3. The van der Waals surface area contributed by atoms with E-state index in [0.717, 1.165) is 73.8 Å². The largest absolute Gasteiger partial charge is 0.480 e. The molecule has 190 valence electrons. The lowest BCUT2D eigenvalue weighted by Crippen LogP contribution is -2.63. The Balaban J connectivity index is 1.28. The Morgan fingerprint density at radius 2 is 1.86 bits per heavy atom. The second-order valence-electron chi connectivity index (χ2n) is 10.4. The summed E-state index contributed by atoms with van der Waals surface area (Å²) in [5, 5.41) is 19.3. The van der Waals surface area contributed by atoms with Gasteiger partial charge in [0.1, 0.15) is 18.0 Å². The Bertz CT molecular complexity index is 1050. The standard InChI is InChI=1S/C25H36N6O4/c1-16-9-26-20(10-30-14-25(15-30)7-19(33)8-25)24(27-16)35-13-22-17(2)28-23(34-3)21(29-22)11-31-6-4-5-18(31)12-32/h9,18-19,32-33H,4-8,10-15H2,1-3H3. The Morgan fingerprint density at radius 1 is 1.06 bits per heavy atom. The van der Waals surface area contributed by atoms with E-state index in [1.165, 1.54) is 0 Å². The average molecular weight is 485 g/mol. The third-order valence-electron chi connectivity index (χ3n) is 7.57. The van der Waals surface area contributed by atoms with Gasteiger partial charge in [0.2, 0.25) is 11.8 Å². The minimum atomic E-state index is -0.131. The van der Waals surface area contributed by atoms with Crippen molar-refractivity contribution in [3.8, 4) is 11.8 Å². The second-order valence-corrected chi connectivity index (χ2v) is 10.4. The van der Waals surface area contributed by atoms with Crippen molar-refractivity contribution in [2.75, 3.05) is 33.4 Å². The summed E-state index contributed by atoms with van der Waals surface area (Å²) in [6.45, 7) is 8.34. The van der Waals surface area contributed by atoms with E-state index in [4.69, 9.17) is 14.5 Å². The average Bonchev–Trinajstić information content (AvgIpc) is 3.25. The Morgan fingerprint density at radius 3 is 2.57 bits per heavy atom. The summed E-state index contributed by atoms with van der Waals surface area (Å²) in [4.78, 5) is 23.3. The maximum absolute atomic E-state index is 9.68. The Hall–Kier alpha value is -2.40. The number of hydrogen-bond acceptors (Lipinski definition) is 10. The lowest BCUT2D eigenvalue weighted by atomic mass is 9.62. The molecule has 1 spiro atoms. The summed E-state index contributed by atoms with van der Waals surface area (Å²) in [5.41, 5.74) is 4.15. The van der Waals surface area contributed by atoms with Crippen LogP contribution in [0.25, 0.3) is 0 Å². The van der Waals surface area contributed by atoms with Gasteiger partial charge in [-0.25, -0.2) is 15.0 Å². The first-order valence-electron chi connectivity index (χ1n) is 12.5. The van der Waals surface area contributed by atoms with E-state index in [9.17, 15) is 10.2 Å².